The first-order valence-corrected chi connectivity index (χ1v) is 5.99. The van der Waals surface area contributed by atoms with Gasteiger partial charge in [-0.25, -0.2) is 4.79 Å². The molecule has 0 unspecified atom stereocenters. The molecule has 0 bridgehead atoms. The molecule has 6 heteroatoms. The number of carbonyl (C=O) groups excluding carboxylic acids is 1. The van der Waals surface area contributed by atoms with Crippen molar-refractivity contribution in [2.75, 3.05) is 19.8 Å². The van der Waals surface area contributed by atoms with Gasteiger partial charge in [0, 0.05) is 0 Å². The number of hydrogen-bond acceptors (Lipinski definition) is 6. The van der Waals surface area contributed by atoms with Crippen LogP contribution < -0.4 is 0 Å². The molecule has 0 aromatic heterocycles. The highest BCUT2D eigenvalue weighted by Gasteiger charge is 2.32. The quantitative estimate of drug-likeness (QED) is 0.728. The highest BCUT2D eigenvalue weighted by atomic mass is 16.7. The number of aliphatic hydroxyl groups excluding tert-OH is 2. The molecule has 0 amide bonds. The molecule has 0 saturated carbocycles. The van der Waals surface area contributed by atoms with Gasteiger partial charge in [0.05, 0.1) is 18.8 Å². The third-order valence-electron chi connectivity index (χ3n) is 2.69. The molecule has 1 fully saturated rings. The van der Waals surface area contributed by atoms with Crippen molar-refractivity contribution in [3.05, 3.63) is 35.9 Å². The smallest absolute Gasteiger partial charge is 0.338 e. The minimum atomic E-state index is -1.08. The summed E-state index contributed by atoms with van der Waals surface area (Å²) in [6, 6.07) is 8.49. The molecule has 3 atom stereocenters. The van der Waals surface area contributed by atoms with Gasteiger partial charge in [0.2, 0.25) is 0 Å². The maximum atomic E-state index is 11.6. The molecule has 1 aliphatic rings. The molecule has 0 aliphatic carbocycles. The summed E-state index contributed by atoms with van der Waals surface area (Å²) in [5, 5.41) is 18.6. The van der Waals surface area contributed by atoms with E-state index < -0.39 is 24.5 Å². The van der Waals surface area contributed by atoms with E-state index in [2.05, 4.69) is 0 Å². The van der Waals surface area contributed by atoms with Crippen LogP contribution in [0.4, 0.5) is 0 Å². The first-order valence-electron chi connectivity index (χ1n) is 5.99. The lowest BCUT2D eigenvalue weighted by Gasteiger charge is -2.17. The summed E-state index contributed by atoms with van der Waals surface area (Å²) in [6.45, 7) is -0.186. The van der Waals surface area contributed by atoms with Gasteiger partial charge in [-0.3, -0.25) is 0 Å². The van der Waals surface area contributed by atoms with E-state index in [1.54, 1.807) is 30.3 Å². The van der Waals surface area contributed by atoms with Crippen LogP contribution >= 0.6 is 0 Å². The zero-order chi connectivity index (χ0) is 13.7. The molecule has 1 aromatic rings. The molecule has 1 saturated heterocycles. The molecule has 6 nitrogen and oxygen atoms in total. The molecule has 1 aliphatic heterocycles. The van der Waals surface area contributed by atoms with Gasteiger partial charge in [-0.1, -0.05) is 18.2 Å². The molecule has 2 rings (SSSR count). The largest absolute Gasteiger partial charge is 0.459 e. The van der Waals surface area contributed by atoms with Crippen LogP contribution in [0.15, 0.2) is 30.3 Å². The molecule has 19 heavy (non-hydrogen) atoms. The molecular formula is C13H16O6. The molecule has 0 radical (unpaired) electrons. The third kappa shape index (κ3) is 3.74. The van der Waals surface area contributed by atoms with Crippen molar-refractivity contribution >= 4 is 5.97 Å². The van der Waals surface area contributed by atoms with Gasteiger partial charge in [0.1, 0.15) is 18.8 Å². The third-order valence-corrected chi connectivity index (χ3v) is 2.69. The topological polar surface area (TPSA) is 85.2 Å². The Kier molecular flexibility index (Phi) is 4.86. The number of rotatable bonds is 5. The number of aliphatic hydroxyl groups is 2. The highest BCUT2D eigenvalue weighted by molar-refractivity contribution is 5.89. The fourth-order valence-corrected chi connectivity index (χ4v) is 1.67. The Morgan fingerprint density at radius 3 is 2.79 bits per heavy atom. The Balaban J connectivity index is 1.78. The second-order valence-electron chi connectivity index (χ2n) is 4.17. The summed E-state index contributed by atoms with van der Waals surface area (Å²) in [7, 11) is 0. The minimum Gasteiger partial charge on any atom is -0.459 e. The SMILES string of the molecule is O=C(OC[C@@H](O)[C@@H]1OC[C@H](CO)O1)c1ccccc1. The van der Waals surface area contributed by atoms with Crippen LogP contribution in [0.2, 0.25) is 0 Å². The highest BCUT2D eigenvalue weighted by Crippen LogP contribution is 2.15. The number of hydrogen-bond donors (Lipinski definition) is 2. The monoisotopic (exact) mass is 268 g/mol. The number of ether oxygens (including phenoxy) is 3. The Labute approximate surface area is 110 Å². The van der Waals surface area contributed by atoms with Crippen molar-refractivity contribution in [2.45, 2.75) is 18.5 Å². The first-order chi connectivity index (χ1) is 9.20. The molecule has 104 valence electrons. The molecule has 1 aromatic carbocycles. The van der Waals surface area contributed by atoms with Crippen LogP contribution in [0.3, 0.4) is 0 Å². The van der Waals surface area contributed by atoms with Gasteiger partial charge in [0.25, 0.3) is 0 Å². The number of esters is 1. The van der Waals surface area contributed by atoms with Gasteiger partial charge in [-0.2, -0.15) is 0 Å². The van der Waals surface area contributed by atoms with Crippen molar-refractivity contribution in [3.63, 3.8) is 0 Å². The second kappa shape index (κ2) is 6.63. The van der Waals surface area contributed by atoms with Gasteiger partial charge >= 0.3 is 5.97 Å². The fourth-order valence-electron chi connectivity index (χ4n) is 1.67. The van der Waals surface area contributed by atoms with Gasteiger partial charge in [-0.15, -0.1) is 0 Å². The second-order valence-corrected chi connectivity index (χ2v) is 4.17. The Morgan fingerprint density at radius 2 is 2.16 bits per heavy atom. The van der Waals surface area contributed by atoms with E-state index in [4.69, 9.17) is 19.3 Å². The van der Waals surface area contributed by atoms with E-state index in [9.17, 15) is 9.90 Å². The normalized spacial score (nSPS) is 24.1. The maximum absolute atomic E-state index is 11.6. The minimum absolute atomic E-state index is 0.174. The zero-order valence-corrected chi connectivity index (χ0v) is 10.3. The van der Waals surface area contributed by atoms with E-state index in [0.29, 0.717) is 5.56 Å². The molecule has 0 spiro atoms. The fraction of sp³-hybridized carbons (Fsp3) is 0.462. The van der Waals surface area contributed by atoms with Crippen LogP contribution in [0.5, 0.6) is 0 Å². The Morgan fingerprint density at radius 1 is 1.42 bits per heavy atom. The lowest BCUT2D eigenvalue weighted by atomic mass is 10.2. The van der Waals surface area contributed by atoms with Crippen molar-refractivity contribution in [2.24, 2.45) is 0 Å². The lowest BCUT2D eigenvalue weighted by molar-refractivity contribution is -0.146. The van der Waals surface area contributed by atoms with E-state index in [1.807, 2.05) is 0 Å². The summed E-state index contributed by atoms with van der Waals surface area (Å²) < 4.78 is 15.3. The molecular weight excluding hydrogens is 252 g/mol. The summed E-state index contributed by atoms with van der Waals surface area (Å²) in [6.07, 6.45) is -2.39. The average Bonchev–Trinajstić information content (AvgIpc) is 2.94. The van der Waals surface area contributed by atoms with E-state index in [-0.39, 0.29) is 19.8 Å². The number of benzene rings is 1. The summed E-state index contributed by atoms with van der Waals surface area (Å²) >= 11 is 0. The number of carbonyl (C=O) groups is 1. The van der Waals surface area contributed by atoms with E-state index >= 15 is 0 Å². The van der Waals surface area contributed by atoms with E-state index in [1.165, 1.54) is 0 Å². The zero-order valence-electron chi connectivity index (χ0n) is 10.3. The molecule has 2 N–H and O–H groups in total. The van der Waals surface area contributed by atoms with Crippen molar-refractivity contribution < 1.29 is 29.2 Å². The average molecular weight is 268 g/mol. The Bertz CT molecular complexity index is 407. The standard InChI is InChI=1S/C13H16O6/c14-6-10-7-18-13(19-10)11(15)8-17-12(16)9-4-2-1-3-5-9/h1-5,10-11,13-15H,6-8H2/t10-,11+,13+/m0/s1. The predicted molar refractivity (Wildman–Crippen MR) is 64.4 cm³/mol. The van der Waals surface area contributed by atoms with Crippen molar-refractivity contribution in [3.8, 4) is 0 Å². The lowest BCUT2D eigenvalue weighted by Crippen LogP contribution is -2.33. The maximum Gasteiger partial charge on any atom is 0.338 e. The van der Waals surface area contributed by atoms with Crippen LogP contribution in [-0.2, 0) is 14.2 Å². The Hall–Kier alpha value is -1.47. The van der Waals surface area contributed by atoms with Gasteiger partial charge in [0.15, 0.2) is 6.29 Å². The molecule has 1 heterocycles. The van der Waals surface area contributed by atoms with Crippen LogP contribution in [0.1, 0.15) is 10.4 Å². The summed E-state index contributed by atoms with van der Waals surface area (Å²) in [5.41, 5.74) is 0.413. The van der Waals surface area contributed by atoms with Crippen molar-refractivity contribution in [1.82, 2.24) is 0 Å². The van der Waals surface area contributed by atoms with Crippen LogP contribution in [0.25, 0.3) is 0 Å². The first kappa shape index (κ1) is 14.0. The van der Waals surface area contributed by atoms with Crippen molar-refractivity contribution in [1.29, 1.82) is 0 Å². The van der Waals surface area contributed by atoms with Gasteiger partial charge in [-0.05, 0) is 12.1 Å². The van der Waals surface area contributed by atoms with Crippen LogP contribution in [0, 0.1) is 0 Å². The van der Waals surface area contributed by atoms with Crippen LogP contribution in [-0.4, -0.2) is 54.5 Å². The van der Waals surface area contributed by atoms with E-state index in [0.717, 1.165) is 0 Å². The summed E-state index contributed by atoms with van der Waals surface area (Å²) in [5.74, 6) is -0.517. The van der Waals surface area contributed by atoms with Gasteiger partial charge < -0.3 is 24.4 Å². The summed E-state index contributed by atoms with van der Waals surface area (Å²) in [4.78, 5) is 11.6. The predicted octanol–water partition coefficient (Wildman–Crippen LogP) is -0.0619.